The van der Waals surface area contributed by atoms with Crippen molar-refractivity contribution in [2.75, 3.05) is 17.8 Å². The van der Waals surface area contributed by atoms with Gasteiger partial charge in [-0.2, -0.15) is 0 Å². The third-order valence-corrected chi connectivity index (χ3v) is 8.29. The minimum atomic E-state index is -3.78. The second-order valence-corrected chi connectivity index (χ2v) is 11.2. The highest BCUT2D eigenvalue weighted by molar-refractivity contribution is 7.92. The lowest BCUT2D eigenvalue weighted by atomic mass is 10.1. The zero-order valence-corrected chi connectivity index (χ0v) is 20.7. The fourth-order valence-corrected chi connectivity index (χ4v) is 6.56. The standard InChI is InChI=1S/C23H28N4O3S2/c1-14-10-15(2)20(16(3)11-14)25-32(29,30)18-12-19(26(5)13-18)22-24-17(4)21(31-22)23(28)27-8-6-7-9-27/h10-13,25H,6-9H2,1-5H3. The van der Waals surface area contributed by atoms with Crippen LogP contribution in [0.5, 0.6) is 0 Å². The summed E-state index contributed by atoms with van der Waals surface area (Å²) in [4.78, 5) is 20.1. The van der Waals surface area contributed by atoms with Crippen molar-refractivity contribution in [3.63, 3.8) is 0 Å². The topological polar surface area (TPSA) is 84.3 Å². The van der Waals surface area contributed by atoms with E-state index in [2.05, 4.69) is 9.71 Å². The summed E-state index contributed by atoms with van der Waals surface area (Å²) in [5.41, 5.74) is 4.78. The summed E-state index contributed by atoms with van der Waals surface area (Å²) in [6, 6.07) is 5.53. The van der Waals surface area contributed by atoms with Crippen molar-refractivity contribution in [1.29, 1.82) is 0 Å². The molecule has 3 aromatic rings. The number of nitrogens with one attached hydrogen (secondary N) is 1. The van der Waals surface area contributed by atoms with Crippen molar-refractivity contribution >= 4 is 33.0 Å². The molecule has 1 aliphatic rings. The van der Waals surface area contributed by atoms with Gasteiger partial charge in [0.2, 0.25) is 0 Å². The molecule has 1 N–H and O–H groups in total. The van der Waals surface area contributed by atoms with Gasteiger partial charge in [0.15, 0.2) is 0 Å². The van der Waals surface area contributed by atoms with E-state index in [4.69, 9.17) is 0 Å². The summed E-state index contributed by atoms with van der Waals surface area (Å²) >= 11 is 1.32. The van der Waals surface area contributed by atoms with Crippen molar-refractivity contribution < 1.29 is 13.2 Å². The number of anilines is 1. The normalized spacial score (nSPS) is 14.2. The van der Waals surface area contributed by atoms with E-state index in [-0.39, 0.29) is 10.8 Å². The predicted molar refractivity (Wildman–Crippen MR) is 128 cm³/mol. The van der Waals surface area contributed by atoms with Crippen LogP contribution in [-0.2, 0) is 17.1 Å². The molecule has 0 unspecified atom stereocenters. The number of hydrogen-bond donors (Lipinski definition) is 1. The molecule has 0 radical (unpaired) electrons. The second-order valence-electron chi connectivity index (χ2n) is 8.48. The number of amides is 1. The minimum Gasteiger partial charge on any atom is -0.347 e. The Morgan fingerprint density at radius 1 is 1.06 bits per heavy atom. The summed E-state index contributed by atoms with van der Waals surface area (Å²) in [5, 5.41) is 0.636. The molecule has 3 heterocycles. The summed E-state index contributed by atoms with van der Waals surface area (Å²) in [6.45, 7) is 9.16. The van der Waals surface area contributed by atoms with Gasteiger partial charge >= 0.3 is 0 Å². The van der Waals surface area contributed by atoms with Gasteiger partial charge in [-0.25, -0.2) is 13.4 Å². The summed E-state index contributed by atoms with van der Waals surface area (Å²) in [6.07, 6.45) is 3.64. The molecule has 0 atom stereocenters. The zero-order valence-electron chi connectivity index (χ0n) is 19.0. The molecule has 9 heteroatoms. The Labute approximate surface area is 193 Å². The number of nitrogens with zero attached hydrogens (tertiary/aromatic N) is 3. The Morgan fingerprint density at radius 2 is 1.69 bits per heavy atom. The van der Waals surface area contributed by atoms with Crippen molar-refractivity contribution in [3.05, 3.63) is 51.7 Å². The van der Waals surface area contributed by atoms with Crippen LogP contribution in [0.3, 0.4) is 0 Å². The van der Waals surface area contributed by atoms with Crippen LogP contribution in [0.25, 0.3) is 10.7 Å². The van der Waals surface area contributed by atoms with E-state index in [9.17, 15) is 13.2 Å². The van der Waals surface area contributed by atoms with Crippen LogP contribution < -0.4 is 4.72 Å². The number of carbonyl (C=O) groups excluding carboxylic acids is 1. The van der Waals surface area contributed by atoms with Gasteiger partial charge in [0.1, 0.15) is 14.8 Å². The van der Waals surface area contributed by atoms with Crippen LogP contribution >= 0.6 is 11.3 Å². The number of aromatic nitrogens is 2. The van der Waals surface area contributed by atoms with E-state index in [1.54, 1.807) is 23.9 Å². The number of rotatable bonds is 5. The maximum atomic E-state index is 13.1. The molecule has 0 aliphatic carbocycles. The van der Waals surface area contributed by atoms with E-state index < -0.39 is 10.0 Å². The van der Waals surface area contributed by atoms with Gasteiger partial charge in [-0.1, -0.05) is 17.7 Å². The molecular formula is C23H28N4O3S2. The third kappa shape index (κ3) is 4.19. The van der Waals surface area contributed by atoms with E-state index in [0.29, 0.717) is 27.0 Å². The van der Waals surface area contributed by atoms with E-state index in [1.165, 1.54) is 11.3 Å². The molecule has 32 heavy (non-hydrogen) atoms. The van der Waals surface area contributed by atoms with Gasteiger partial charge in [0.25, 0.3) is 15.9 Å². The smallest absolute Gasteiger partial charge is 0.265 e. The van der Waals surface area contributed by atoms with Gasteiger partial charge in [0.05, 0.1) is 17.1 Å². The largest absolute Gasteiger partial charge is 0.347 e. The molecule has 4 rings (SSSR count). The Balaban J connectivity index is 1.65. The van der Waals surface area contributed by atoms with Crippen LogP contribution in [0.4, 0.5) is 5.69 Å². The van der Waals surface area contributed by atoms with Crippen LogP contribution in [0.2, 0.25) is 0 Å². The molecule has 1 saturated heterocycles. The quantitative estimate of drug-likeness (QED) is 0.596. The average Bonchev–Trinajstić information content (AvgIpc) is 3.44. The number of hydrogen-bond acceptors (Lipinski definition) is 5. The minimum absolute atomic E-state index is 0.0118. The lowest BCUT2D eigenvalue weighted by Crippen LogP contribution is -2.27. The molecule has 7 nitrogen and oxygen atoms in total. The van der Waals surface area contributed by atoms with Crippen LogP contribution in [0, 0.1) is 27.7 Å². The van der Waals surface area contributed by atoms with Crippen molar-refractivity contribution in [2.45, 2.75) is 45.4 Å². The fraction of sp³-hybridized carbons (Fsp3) is 0.391. The highest BCUT2D eigenvalue weighted by Crippen LogP contribution is 2.32. The maximum absolute atomic E-state index is 13.1. The van der Waals surface area contributed by atoms with Crippen molar-refractivity contribution in [2.24, 2.45) is 7.05 Å². The molecule has 1 fully saturated rings. The van der Waals surface area contributed by atoms with Crippen molar-refractivity contribution in [1.82, 2.24) is 14.5 Å². The van der Waals surface area contributed by atoms with Gasteiger partial charge in [-0.15, -0.1) is 11.3 Å². The SMILES string of the molecule is Cc1cc(C)c(NS(=O)(=O)c2cc(-c3nc(C)c(C(=O)N4CCCC4)s3)n(C)c2)c(C)c1. The number of thiazole rings is 1. The summed E-state index contributed by atoms with van der Waals surface area (Å²) in [5.74, 6) is 0.0118. The summed E-state index contributed by atoms with van der Waals surface area (Å²) < 4.78 is 30.8. The molecule has 0 bridgehead atoms. The molecule has 170 valence electrons. The highest BCUT2D eigenvalue weighted by Gasteiger charge is 2.26. The zero-order chi connectivity index (χ0) is 23.2. The van der Waals surface area contributed by atoms with Crippen molar-refractivity contribution in [3.8, 4) is 10.7 Å². The number of sulfonamides is 1. The Hall–Kier alpha value is -2.65. The van der Waals surface area contributed by atoms with Crippen LogP contribution in [-0.4, -0.2) is 41.9 Å². The van der Waals surface area contributed by atoms with Crippen LogP contribution in [0.15, 0.2) is 29.3 Å². The monoisotopic (exact) mass is 472 g/mol. The first kappa shape index (κ1) is 22.5. The van der Waals surface area contributed by atoms with Gasteiger partial charge in [-0.05, 0) is 57.7 Å². The van der Waals surface area contributed by atoms with Crippen LogP contribution in [0.1, 0.15) is 44.9 Å². The van der Waals surface area contributed by atoms with E-state index in [1.807, 2.05) is 44.7 Å². The number of carbonyl (C=O) groups is 1. The predicted octanol–water partition coefficient (Wildman–Crippen LogP) is 4.42. The first-order valence-corrected chi connectivity index (χ1v) is 12.9. The third-order valence-electron chi connectivity index (χ3n) is 5.81. The van der Waals surface area contributed by atoms with Gasteiger partial charge in [-0.3, -0.25) is 9.52 Å². The fourth-order valence-electron chi connectivity index (χ4n) is 4.20. The second kappa shape index (κ2) is 8.37. The number of aryl methyl sites for hydroxylation is 5. The highest BCUT2D eigenvalue weighted by atomic mass is 32.2. The first-order chi connectivity index (χ1) is 15.1. The first-order valence-electron chi connectivity index (χ1n) is 10.6. The number of benzene rings is 1. The Morgan fingerprint density at radius 3 is 2.31 bits per heavy atom. The van der Waals surface area contributed by atoms with Gasteiger partial charge < -0.3 is 9.47 Å². The van der Waals surface area contributed by atoms with E-state index >= 15 is 0 Å². The molecular weight excluding hydrogens is 444 g/mol. The molecule has 2 aromatic heterocycles. The Kier molecular flexibility index (Phi) is 5.89. The summed E-state index contributed by atoms with van der Waals surface area (Å²) in [7, 11) is -2.00. The lowest BCUT2D eigenvalue weighted by Gasteiger charge is -2.13. The molecule has 0 spiro atoms. The molecule has 1 amide bonds. The molecule has 1 aromatic carbocycles. The van der Waals surface area contributed by atoms with E-state index in [0.717, 1.165) is 42.6 Å². The number of likely N-dealkylation sites (tertiary alicyclic amines) is 1. The average molecular weight is 473 g/mol. The molecule has 0 saturated carbocycles. The Bertz CT molecular complexity index is 1280. The molecule has 1 aliphatic heterocycles. The maximum Gasteiger partial charge on any atom is 0.265 e. The van der Waals surface area contributed by atoms with Gasteiger partial charge in [0, 0.05) is 26.3 Å². The lowest BCUT2D eigenvalue weighted by molar-refractivity contribution is 0.0796.